The van der Waals surface area contributed by atoms with E-state index in [0.29, 0.717) is 5.02 Å². The first-order valence-electron chi connectivity index (χ1n) is 6.04. The number of nitrogens with one attached hydrogen (secondary N) is 1. The third-order valence-corrected chi connectivity index (χ3v) is 6.37. The van der Waals surface area contributed by atoms with Crippen molar-refractivity contribution in [2.45, 2.75) is 18.2 Å². The summed E-state index contributed by atoms with van der Waals surface area (Å²) in [4.78, 5) is 0. The van der Waals surface area contributed by atoms with Gasteiger partial charge in [-0.15, -0.1) is 0 Å². The summed E-state index contributed by atoms with van der Waals surface area (Å²) in [5.41, 5.74) is 1.12. The zero-order valence-corrected chi connectivity index (χ0v) is 13.4. The lowest BCUT2D eigenvalue weighted by atomic mass is 10.1. The maximum absolute atomic E-state index is 6.21. The molecule has 2 unspecified atom stereocenters. The molecule has 0 aliphatic carbocycles. The molecule has 0 saturated carbocycles. The Hall–Kier alpha value is 0.460. The van der Waals surface area contributed by atoms with E-state index in [-0.39, 0.29) is 6.04 Å². The zero-order valence-electron chi connectivity index (χ0n) is 10.3. The number of thioether (sulfide) groups is 2. The van der Waals surface area contributed by atoms with Crippen LogP contribution in [0.5, 0.6) is 0 Å². The van der Waals surface area contributed by atoms with Gasteiger partial charge < -0.3 is 5.32 Å². The molecule has 1 fully saturated rings. The van der Waals surface area contributed by atoms with Crippen molar-refractivity contribution in [3.8, 4) is 0 Å². The van der Waals surface area contributed by atoms with Gasteiger partial charge in [0.2, 0.25) is 0 Å². The number of hydrogen-bond donors (Lipinski definition) is 1. The van der Waals surface area contributed by atoms with Gasteiger partial charge in [-0.05, 0) is 24.6 Å². The lowest BCUT2D eigenvalue weighted by molar-refractivity contribution is 0.577. The van der Waals surface area contributed by atoms with Crippen LogP contribution < -0.4 is 5.32 Å². The molecule has 2 rings (SSSR count). The smallest absolute Gasteiger partial charge is 0.0468 e. The summed E-state index contributed by atoms with van der Waals surface area (Å²) in [5.74, 6) is 3.81. The van der Waals surface area contributed by atoms with Crippen molar-refractivity contribution in [3.63, 3.8) is 0 Å². The van der Waals surface area contributed by atoms with Crippen molar-refractivity contribution in [1.82, 2.24) is 5.32 Å². The summed E-state index contributed by atoms with van der Waals surface area (Å²) in [6, 6.07) is 5.97. The molecule has 0 spiro atoms. The van der Waals surface area contributed by atoms with Crippen molar-refractivity contribution < 1.29 is 0 Å². The molecule has 1 saturated heterocycles. The van der Waals surface area contributed by atoms with E-state index in [1.54, 1.807) is 0 Å². The minimum atomic E-state index is 0.266. The Labute approximate surface area is 127 Å². The van der Waals surface area contributed by atoms with Gasteiger partial charge in [0.25, 0.3) is 0 Å². The highest BCUT2D eigenvalue weighted by Crippen LogP contribution is 2.27. The summed E-state index contributed by atoms with van der Waals surface area (Å²) >= 11 is 16.2. The van der Waals surface area contributed by atoms with Crippen LogP contribution in [0.3, 0.4) is 0 Å². The van der Waals surface area contributed by atoms with Crippen molar-refractivity contribution >= 4 is 46.7 Å². The maximum Gasteiger partial charge on any atom is 0.0468 e. The number of benzene rings is 1. The molecule has 5 heteroatoms. The van der Waals surface area contributed by atoms with Crippen molar-refractivity contribution in [1.29, 1.82) is 0 Å². The first-order valence-corrected chi connectivity index (χ1v) is 9.00. The minimum Gasteiger partial charge on any atom is -0.309 e. The van der Waals surface area contributed by atoms with Crippen LogP contribution in [-0.4, -0.2) is 29.1 Å². The number of rotatable bonds is 4. The normalized spacial score (nSPS) is 21.8. The molecule has 1 N–H and O–H groups in total. The fourth-order valence-electron chi connectivity index (χ4n) is 1.93. The molecular weight excluding hydrogens is 305 g/mol. The SMILES string of the molecule is CC(NCC1CSCCS1)c1ccc(Cl)cc1Cl. The van der Waals surface area contributed by atoms with E-state index in [1.165, 1.54) is 17.3 Å². The van der Waals surface area contributed by atoms with Crippen molar-refractivity contribution in [2.75, 3.05) is 23.8 Å². The Morgan fingerprint density at radius 1 is 1.39 bits per heavy atom. The quantitative estimate of drug-likeness (QED) is 0.877. The highest BCUT2D eigenvalue weighted by Gasteiger charge is 2.16. The van der Waals surface area contributed by atoms with Gasteiger partial charge in [0.15, 0.2) is 0 Å². The Bertz CT molecular complexity index is 395. The fraction of sp³-hybridized carbons (Fsp3) is 0.538. The Morgan fingerprint density at radius 3 is 2.89 bits per heavy atom. The monoisotopic (exact) mass is 321 g/mol. The van der Waals surface area contributed by atoms with E-state index in [2.05, 4.69) is 35.8 Å². The van der Waals surface area contributed by atoms with Gasteiger partial charge in [-0.1, -0.05) is 29.3 Å². The number of hydrogen-bond acceptors (Lipinski definition) is 3. The van der Waals surface area contributed by atoms with E-state index < -0.39 is 0 Å². The summed E-state index contributed by atoms with van der Waals surface area (Å²) in [5, 5.41) is 5.72. The van der Waals surface area contributed by atoms with E-state index in [0.717, 1.165) is 22.4 Å². The van der Waals surface area contributed by atoms with Crippen LogP contribution in [0.25, 0.3) is 0 Å². The Morgan fingerprint density at radius 2 is 2.22 bits per heavy atom. The first-order chi connectivity index (χ1) is 8.66. The van der Waals surface area contributed by atoms with Gasteiger partial charge >= 0.3 is 0 Å². The molecular formula is C13H17Cl2NS2. The third kappa shape index (κ3) is 4.24. The molecule has 2 atom stereocenters. The van der Waals surface area contributed by atoms with Gasteiger partial charge in [-0.3, -0.25) is 0 Å². The van der Waals surface area contributed by atoms with Gasteiger partial charge in [-0.25, -0.2) is 0 Å². The molecule has 1 aromatic rings. The molecule has 1 nitrogen and oxygen atoms in total. The van der Waals surface area contributed by atoms with Crippen LogP contribution in [0, 0.1) is 0 Å². The van der Waals surface area contributed by atoms with Gasteiger partial charge in [-0.2, -0.15) is 23.5 Å². The van der Waals surface area contributed by atoms with Crippen LogP contribution in [-0.2, 0) is 0 Å². The molecule has 1 aliphatic heterocycles. The van der Waals surface area contributed by atoms with Crippen LogP contribution in [0.1, 0.15) is 18.5 Å². The van der Waals surface area contributed by atoms with Gasteiger partial charge in [0.05, 0.1) is 0 Å². The zero-order chi connectivity index (χ0) is 13.0. The highest BCUT2D eigenvalue weighted by atomic mass is 35.5. The largest absolute Gasteiger partial charge is 0.309 e. The lowest BCUT2D eigenvalue weighted by Gasteiger charge is -2.24. The standard InChI is InChI=1S/C13H17Cl2NS2/c1-9(12-3-2-10(14)6-13(12)15)16-7-11-8-17-4-5-18-11/h2-3,6,9,11,16H,4-5,7-8H2,1H3. The topological polar surface area (TPSA) is 12.0 Å². The molecule has 1 heterocycles. The summed E-state index contributed by atoms with van der Waals surface area (Å²) in [6.45, 7) is 3.19. The average molecular weight is 322 g/mol. The van der Waals surface area contributed by atoms with Crippen LogP contribution in [0.4, 0.5) is 0 Å². The van der Waals surface area contributed by atoms with Gasteiger partial charge in [0.1, 0.15) is 0 Å². The van der Waals surface area contributed by atoms with E-state index >= 15 is 0 Å². The van der Waals surface area contributed by atoms with E-state index in [9.17, 15) is 0 Å². The van der Waals surface area contributed by atoms with Gasteiger partial charge in [0, 0.05) is 45.1 Å². The summed E-state index contributed by atoms with van der Waals surface area (Å²) in [6.07, 6.45) is 0. The first kappa shape index (κ1) is 14.9. The molecule has 18 heavy (non-hydrogen) atoms. The van der Waals surface area contributed by atoms with Crippen molar-refractivity contribution in [2.24, 2.45) is 0 Å². The Kier molecular flexibility index (Phi) is 6.02. The molecule has 1 aromatic carbocycles. The highest BCUT2D eigenvalue weighted by molar-refractivity contribution is 8.06. The van der Waals surface area contributed by atoms with Crippen LogP contribution in [0.15, 0.2) is 18.2 Å². The summed E-state index contributed by atoms with van der Waals surface area (Å²) in [7, 11) is 0. The molecule has 0 aromatic heterocycles. The second-order valence-electron chi connectivity index (χ2n) is 4.36. The number of halogens is 2. The predicted octanol–water partition coefficient (Wildman–Crippen LogP) is 4.49. The molecule has 0 bridgehead atoms. The molecule has 100 valence electrons. The summed E-state index contributed by atoms with van der Waals surface area (Å²) < 4.78 is 0. The van der Waals surface area contributed by atoms with E-state index in [1.807, 2.05) is 18.2 Å². The third-order valence-electron chi connectivity index (χ3n) is 2.97. The van der Waals surface area contributed by atoms with E-state index in [4.69, 9.17) is 23.2 Å². The molecule has 0 amide bonds. The van der Waals surface area contributed by atoms with Crippen LogP contribution in [0.2, 0.25) is 10.0 Å². The second-order valence-corrected chi connectivity index (χ2v) is 7.77. The minimum absolute atomic E-state index is 0.266. The maximum atomic E-state index is 6.21. The predicted molar refractivity (Wildman–Crippen MR) is 86.5 cm³/mol. The molecule has 0 radical (unpaired) electrons. The lowest BCUT2D eigenvalue weighted by Crippen LogP contribution is -2.30. The fourth-order valence-corrected chi connectivity index (χ4v) is 5.12. The molecule has 1 aliphatic rings. The van der Waals surface area contributed by atoms with Crippen LogP contribution >= 0.6 is 46.7 Å². The second kappa shape index (κ2) is 7.30. The van der Waals surface area contributed by atoms with Crippen molar-refractivity contribution in [3.05, 3.63) is 33.8 Å². The average Bonchev–Trinajstić information content (AvgIpc) is 2.37. The Balaban J connectivity index is 1.88.